The first-order valence-corrected chi connectivity index (χ1v) is 7.25. The Hall–Kier alpha value is -2.10. The van der Waals surface area contributed by atoms with E-state index in [2.05, 4.69) is 4.57 Å². The normalized spacial score (nSPS) is 10.8. The zero-order chi connectivity index (χ0) is 15.2. The first-order valence-electron chi connectivity index (χ1n) is 7.25. The Bertz CT molecular complexity index is 573. The van der Waals surface area contributed by atoms with Gasteiger partial charge in [0.25, 0.3) is 0 Å². The van der Waals surface area contributed by atoms with E-state index in [9.17, 15) is 9.59 Å². The maximum Gasteiger partial charge on any atom is 0.130 e. The number of hydrogen-bond acceptors (Lipinski definition) is 3. The zero-order valence-electron chi connectivity index (χ0n) is 12.6. The van der Waals surface area contributed by atoms with Gasteiger partial charge >= 0.3 is 0 Å². The first kappa shape index (κ1) is 15.3. The molecular formula is C17H21NO3. The van der Waals surface area contributed by atoms with Gasteiger partial charge in [0.15, 0.2) is 0 Å². The van der Waals surface area contributed by atoms with Crippen LogP contribution in [-0.2, 0) is 29.0 Å². The number of carbonyl (C=O) groups is 2. The summed E-state index contributed by atoms with van der Waals surface area (Å²) in [6.45, 7) is 3.85. The molecule has 0 radical (unpaired) electrons. The molecule has 0 N–H and O–H groups in total. The number of rotatable bonds is 8. The van der Waals surface area contributed by atoms with Crippen LogP contribution in [0.1, 0.15) is 43.8 Å². The minimum Gasteiger partial charge on any atom is -0.467 e. The number of aryl methyl sites for hydroxylation is 2. The Balaban J connectivity index is 2.19. The molecule has 2 aromatic heterocycles. The molecule has 0 aliphatic carbocycles. The van der Waals surface area contributed by atoms with E-state index < -0.39 is 0 Å². The number of carbonyl (C=O) groups excluding carboxylic acids is 2. The van der Waals surface area contributed by atoms with Crippen LogP contribution in [0.5, 0.6) is 0 Å². The molecule has 0 aromatic carbocycles. The van der Waals surface area contributed by atoms with Crippen LogP contribution in [0, 0.1) is 0 Å². The largest absolute Gasteiger partial charge is 0.467 e. The van der Waals surface area contributed by atoms with E-state index in [1.165, 1.54) is 0 Å². The number of aromatic nitrogens is 1. The van der Waals surface area contributed by atoms with E-state index in [4.69, 9.17) is 4.42 Å². The fourth-order valence-corrected chi connectivity index (χ4v) is 2.36. The Labute approximate surface area is 124 Å². The van der Waals surface area contributed by atoms with Crippen molar-refractivity contribution >= 4 is 11.6 Å². The maximum atomic E-state index is 11.2. The Morgan fingerprint density at radius 2 is 1.57 bits per heavy atom. The second kappa shape index (κ2) is 7.07. The summed E-state index contributed by atoms with van der Waals surface area (Å²) in [5.74, 6) is 1.25. The van der Waals surface area contributed by atoms with Crippen molar-refractivity contribution in [1.82, 2.24) is 4.57 Å². The van der Waals surface area contributed by atoms with Crippen LogP contribution in [0.4, 0.5) is 0 Å². The molecule has 0 unspecified atom stereocenters. The van der Waals surface area contributed by atoms with Crippen molar-refractivity contribution in [2.24, 2.45) is 0 Å². The van der Waals surface area contributed by atoms with Gasteiger partial charge in [-0.1, -0.05) is 0 Å². The van der Waals surface area contributed by atoms with Crippen molar-refractivity contribution in [2.45, 2.75) is 46.1 Å². The zero-order valence-corrected chi connectivity index (χ0v) is 12.6. The third kappa shape index (κ3) is 4.45. The van der Waals surface area contributed by atoms with E-state index >= 15 is 0 Å². The van der Waals surface area contributed by atoms with E-state index in [0.29, 0.717) is 19.4 Å². The third-order valence-corrected chi connectivity index (χ3v) is 3.52. The molecule has 0 aliphatic rings. The molecule has 0 saturated carbocycles. The fraction of sp³-hybridized carbons (Fsp3) is 0.412. The standard InChI is InChI=1S/C17H21NO3/c1-13(19)5-7-15-9-10-16(8-6-14(2)20)18(15)12-17-4-3-11-21-17/h3-4,9-11H,5-8,12H2,1-2H3. The number of ketones is 2. The fourth-order valence-electron chi connectivity index (χ4n) is 2.36. The molecule has 2 aromatic rings. The van der Waals surface area contributed by atoms with Gasteiger partial charge < -0.3 is 18.6 Å². The molecule has 0 spiro atoms. The lowest BCUT2D eigenvalue weighted by Gasteiger charge is -2.12. The maximum absolute atomic E-state index is 11.2. The predicted octanol–water partition coefficient (Wildman–Crippen LogP) is 3.17. The molecule has 0 bridgehead atoms. The average molecular weight is 287 g/mol. The molecule has 112 valence electrons. The summed E-state index contributed by atoms with van der Waals surface area (Å²) >= 11 is 0. The van der Waals surface area contributed by atoms with Gasteiger partial charge in [0.05, 0.1) is 12.8 Å². The van der Waals surface area contributed by atoms with Crippen molar-refractivity contribution in [3.05, 3.63) is 47.7 Å². The Kier molecular flexibility index (Phi) is 5.14. The quantitative estimate of drug-likeness (QED) is 0.749. The van der Waals surface area contributed by atoms with Crippen LogP contribution < -0.4 is 0 Å². The lowest BCUT2D eigenvalue weighted by Crippen LogP contribution is -2.10. The number of furan rings is 1. The number of hydrogen-bond donors (Lipinski definition) is 0. The molecular weight excluding hydrogens is 266 g/mol. The highest BCUT2D eigenvalue weighted by atomic mass is 16.3. The predicted molar refractivity (Wildman–Crippen MR) is 80.2 cm³/mol. The number of Topliss-reactive ketones (excluding diaryl/α,β-unsaturated/α-hetero) is 2. The summed E-state index contributed by atoms with van der Waals surface area (Å²) in [5, 5.41) is 0. The molecule has 0 fully saturated rings. The smallest absolute Gasteiger partial charge is 0.130 e. The summed E-state index contributed by atoms with van der Waals surface area (Å²) in [6.07, 6.45) is 4.16. The van der Waals surface area contributed by atoms with Crippen molar-refractivity contribution in [1.29, 1.82) is 0 Å². The van der Waals surface area contributed by atoms with Gasteiger partial charge in [0.1, 0.15) is 17.3 Å². The molecule has 2 heterocycles. The minimum absolute atomic E-state index is 0.186. The van der Waals surface area contributed by atoms with E-state index in [0.717, 1.165) is 30.0 Å². The molecule has 0 atom stereocenters. The van der Waals surface area contributed by atoms with Crippen LogP contribution in [0.2, 0.25) is 0 Å². The van der Waals surface area contributed by atoms with Crippen molar-refractivity contribution in [2.75, 3.05) is 0 Å². The minimum atomic E-state index is 0.186. The molecule has 21 heavy (non-hydrogen) atoms. The van der Waals surface area contributed by atoms with E-state index in [-0.39, 0.29) is 11.6 Å². The van der Waals surface area contributed by atoms with Crippen LogP contribution in [0.3, 0.4) is 0 Å². The van der Waals surface area contributed by atoms with E-state index in [1.54, 1.807) is 20.1 Å². The van der Waals surface area contributed by atoms with Crippen LogP contribution in [0.15, 0.2) is 34.9 Å². The lowest BCUT2D eigenvalue weighted by molar-refractivity contribution is -0.117. The van der Waals surface area contributed by atoms with Gasteiger partial charge in [0, 0.05) is 24.2 Å². The van der Waals surface area contributed by atoms with Gasteiger partial charge in [-0.05, 0) is 51.0 Å². The molecule has 4 heteroatoms. The molecule has 4 nitrogen and oxygen atoms in total. The van der Waals surface area contributed by atoms with E-state index in [1.807, 2.05) is 24.3 Å². The van der Waals surface area contributed by atoms with Crippen molar-refractivity contribution in [3.8, 4) is 0 Å². The van der Waals surface area contributed by atoms with Gasteiger partial charge in [-0.25, -0.2) is 0 Å². The molecule has 2 rings (SSSR count). The second-order valence-corrected chi connectivity index (χ2v) is 5.39. The van der Waals surface area contributed by atoms with Gasteiger partial charge in [-0.15, -0.1) is 0 Å². The summed E-state index contributed by atoms with van der Waals surface area (Å²) in [6, 6.07) is 7.88. The third-order valence-electron chi connectivity index (χ3n) is 3.52. The monoisotopic (exact) mass is 287 g/mol. The molecule has 0 saturated heterocycles. The highest BCUT2D eigenvalue weighted by molar-refractivity contribution is 5.76. The van der Waals surface area contributed by atoms with Crippen molar-refractivity contribution in [3.63, 3.8) is 0 Å². The molecule has 0 aliphatic heterocycles. The Morgan fingerprint density at radius 1 is 1.00 bits per heavy atom. The molecule has 0 amide bonds. The summed E-state index contributed by atoms with van der Waals surface area (Å²) in [7, 11) is 0. The Morgan fingerprint density at radius 3 is 2.00 bits per heavy atom. The summed E-state index contributed by atoms with van der Waals surface area (Å²) in [5.41, 5.74) is 2.22. The lowest BCUT2D eigenvalue weighted by atomic mass is 10.2. The summed E-state index contributed by atoms with van der Waals surface area (Å²) in [4.78, 5) is 22.4. The van der Waals surface area contributed by atoms with Gasteiger partial charge in [0.2, 0.25) is 0 Å². The van der Waals surface area contributed by atoms with Crippen LogP contribution in [-0.4, -0.2) is 16.1 Å². The first-order chi connectivity index (χ1) is 10.1. The average Bonchev–Trinajstić information content (AvgIpc) is 3.05. The SMILES string of the molecule is CC(=O)CCc1ccc(CCC(C)=O)n1Cc1ccco1. The highest BCUT2D eigenvalue weighted by Crippen LogP contribution is 2.17. The van der Waals surface area contributed by atoms with Gasteiger partial charge in [-0.2, -0.15) is 0 Å². The topological polar surface area (TPSA) is 52.2 Å². The van der Waals surface area contributed by atoms with Crippen molar-refractivity contribution < 1.29 is 14.0 Å². The van der Waals surface area contributed by atoms with Crippen LogP contribution >= 0.6 is 0 Å². The summed E-state index contributed by atoms with van der Waals surface area (Å²) < 4.78 is 7.57. The highest BCUT2D eigenvalue weighted by Gasteiger charge is 2.11. The number of nitrogens with zero attached hydrogens (tertiary/aromatic N) is 1. The van der Waals surface area contributed by atoms with Gasteiger partial charge in [-0.3, -0.25) is 0 Å². The van der Waals surface area contributed by atoms with Crippen LogP contribution in [0.25, 0.3) is 0 Å². The second-order valence-electron chi connectivity index (χ2n) is 5.39.